The second kappa shape index (κ2) is 13.7. The van der Waals surface area contributed by atoms with Crippen LogP contribution in [0.5, 0.6) is 0 Å². The predicted octanol–water partition coefficient (Wildman–Crippen LogP) is 16.7. The average Bonchev–Trinajstić information content (AvgIpc) is 4.02. The molecule has 0 saturated heterocycles. The second-order valence-corrected chi connectivity index (χ2v) is 16.4. The molecule has 0 amide bonds. The molecule has 0 N–H and O–H groups in total. The van der Waals surface area contributed by atoms with Crippen molar-refractivity contribution in [3.05, 3.63) is 217 Å². The molecule has 3 aromatic heterocycles. The molecule has 0 aliphatic heterocycles. The van der Waals surface area contributed by atoms with Crippen LogP contribution in [-0.2, 0) is 0 Å². The SMILES string of the molecule is C1=Cc2c(oc3ccccc23)C(c2ccc(N(c3ccc(-c4ccc5c(c4)oc4ccccc45)cc3)c3ccccc3-c3ccc4oc5cc6ccccc6cc5c4c3)cc2)C1. The van der Waals surface area contributed by atoms with E-state index in [1.807, 2.05) is 18.2 Å². The maximum absolute atomic E-state index is 6.52. The Morgan fingerprint density at radius 2 is 1.00 bits per heavy atom. The zero-order chi connectivity index (χ0) is 40.7. The molecule has 62 heavy (non-hydrogen) atoms. The predicted molar refractivity (Wildman–Crippen MR) is 256 cm³/mol. The Balaban J connectivity index is 0.929. The van der Waals surface area contributed by atoms with Gasteiger partial charge in [0.25, 0.3) is 0 Å². The molecule has 1 aliphatic carbocycles. The van der Waals surface area contributed by atoms with Crippen molar-refractivity contribution < 1.29 is 13.3 Å². The minimum Gasteiger partial charge on any atom is -0.460 e. The van der Waals surface area contributed by atoms with E-state index in [4.69, 9.17) is 13.3 Å². The van der Waals surface area contributed by atoms with Crippen molar-refractivity contribution >= 4 is 88.8 Å². The first-order valence-electron chi connectivity index (χ1n) is 21.2. The molecule has 12 aromatic rings. The molecule has 292 valence electrons. The summed E-state index contributed by atoms with van der Waals surface area (Å²) in [6.07, 6.45) is 5.39. The van der Waals surface area contributed by atoms with Crippen LogP contribution in [0, 0.1) is 0 Å². The number of hydrogen-bond acceptors (Lipinski definition) is 4. The Morgan fingerprint density at radius 1 is 0.403 bits per heavy atom. The van der Waals surface area contributed by atoms with Gasteiger partial charge >= 0.3 is 0 Å². The van der Waals surface area contributed by atoms with Crippen LogP contribution < -0.4 is 4.90 Å². The molecule has 0 spiro atoms. The normalized spacial score (nSPS) is 13.8. The van der Waals surface area contributed by atoms with E-state index < -0.39 is 0 Å². The zero-order valence-corrected chi connectivity index (χ0v) is 33.6. The standard InChI is InChI=1S/C58H37NO3/c1-2-11-39-34-57-51(32-38(39)10-1)50-33-41(25-31-55(50)61-57)44-12-3-6-17-52(44)59(42-26-20-36(21-27-42)40-24-30-48-46-13-4-7-18-53(46)60-56(48)35-40)43-28-22-37(23-29-43)45-15-9-16-49-47-14-5-8-19-54(47)62-58(45)49/h1-14,16-35,45H,15H2. The van der Waals surface area contributed by atoms with Gasteiger partial charge in [0.1, 0.15) is 33.7 Å². The topological polar surface area (TPSA) is 42.7 Å². The van der Waals surface area contributed by atoms with E-state index in [9.17, 15) is 0 Å². The summed E-state index contributed by atoms with van der Waals surface area (Å²) < 4.78 is 19.2. The van der Waals surface area contributed by atoms with Crippen LogP contribution in [0.2, 0.25) is 0 Å². The summed E-state index contributed by atoms with van der Waals surface area (Å²) in [5.74, 6) is 1.17. The fourth-order valence-corrected chi connectivity index (χ4v) is 9.77. The highest BCUT2D eigenvalue weighted by Crippen LogP contribution is 2.45. The van der Waals surface area contributed by atoms with E-state index in [1.54, 1.807) is 0 Å². The lowest BCUT2D eigenvalue weighted by Crippen LogP contribution is -2.12. The Kier molecular flexibility index (Phi) is 7.70. The lowest BCUT2D eigenvalue weighted by Gasteiger charge is -2.28. The number of allylic oxidation sites excluding steroid dienone is 1. The molecule has 0 saturated carbocycles. The smallest absolute Gasteiger partial charge is 0.136 e. The first kappa shape index (κ1) is 34.8. The van der Waals surface area contributed by atoms with Gasteiger partial charge in [-0.1, -0.05) is 127 Å². The number of hydrogen-bond donors (Lipinski definition) is 0. The van der Waals surface area contributed by atoms with Crippen molar-refractivity contribution in [2.75, 3.05) is 4.90 Å². The number of anilines is 3. The molecular weight excluding hydrogens is 759 g/mol. The second-order valence-electron chi connectivity index (χ2n) is 16.4. The van der Waals surface area contributed by atoms with Gasteiger partial charge in [-0.25, -0.2) is 0 Å². The molecule has 9 aromatic carbocycles. The van der Waals surface area contributed by atoms with Gasteiger partial charge < -0.3 is 18.2 Å². The fraction of sp³-hybridized carbons (Fsp3) is 0.0345. The minimum absolute atomic E-state index is 0.134. The lowest BCUT2D eigenvalue weighted by atomic mass is 9.86. The molecule has 0 radical (unpaired) electrons. The lowest BCUT2D eigenvalue weighted by molar-refractivity contribution is 0.517. The minimum atomic E-state index is 0.134. The molecule has 3 heterocycles. The summed E-state index contributed by atoms with van der Waals surface area (Å²) in [7, 11) is 0. The van der Waals surface area contributed by atoms with Crippen molar-refractivity contribution in [3.8, 4) is 22.3 Å². The van der Waals surface area contributed by atoms with Crippen LogP contribution in [0.3, 0.4) is 0 Å². The van der Waals surface area contributed by atoms with Crippen molar-refractivity contribution in [2.24, 2.45) is 0 Å². The molecule has 0 bridgehead atoms. The quantitative estimate of drug-likeness (QED) is 0.168. The van der Waals surface area contributed by atoms with Gasteiger partial charge in [-0.05, 0) is 118 Å². The number of nitrogens with zero attached hydrogens (tertiary/aromatic N) is 1. The maximum Gasteiger partial charge on any atom is 0.136 e. The number of rotatable bonds is 6. The Labute approximate surface area is 357 Å². The third kappa shape index (κ3) is 5.54. The van der Waals surface area contributed by atoms with E-state index in [1.165, 1.54) is 27.3 Å². The van der Waals surface area contributed by atoms with Gasteiger partial charge in [0, 0.05) is 55.4 Å². The van der Waals surface area contributed by atoms with E-state index in [0.29, 0.717) is 0 Å². The Hall–Kier alpha value is -8.08. The Bertz CT molecular complexity index is 3730. The van der Waals surface area contributed by atoms with Crippen molar-refractivity contribution in [1.82, 2.24) is 0 Å². The summed E-state index contributed by atoms with van der Waals surface area (Å²) in [4.78, 5) is 2.38. The molecule has 4 heteroatoms. The maximum atomic E-state index is 6.52. The van der Waals surface area contributed by atoms with Gasteiger partial charge in [-0.2, -0.15) is 0 Å². The molecular formula is C58H37NO3. The highest BCUT2D eigenvalue weighted by molar-refractivity contribution is 6.11. The summed E-state index contributed by atoms with van der Waals surface area (Å²) in [5.41, 5.74) is 14.6. The fourth-order valence-electron chi connectivity index (χ4n) is 9.77. The monoisotopic (exact) mass is 795 g/mol. The van der Waals surface area contributed by atoms with E-state index in [-0.39, 0.29) is 5.92 Å². The summed E-state index contributed by atoms with van der Waals surface area (Å²) in [6.45, 7) is 0. The van der Waals surface area contributed by atoms with Crippen LogP contribution >= 0.6 is 0 Å². The molecule has 13 rings (SSSR count). The van der Waals surface area contributed by atoms with Crippen LogP contribution in [0.1, 0.15) is 29.2 Å². The van der Waals surface area contributed by atoms with E-state index >= 15 is 0 Å². The zero-order valence-electron chi connectivity index (χ0n) is 33.6. The first-order valence-corrected chi connectivity index (χ1v) is 21.2. The van der Waals surface area contributed by atoms with E-state index in [2.05, 4.69) is 193 Å². The summed E-state index contributed by atoms with van der Waals surface area (Å²) in [6, 6.07) is 69.2. The molecule has 0 fully saturated rings. The molecule has 4 nitrogen and oxygen atoms in total. The third-order valence-electron chi connectivity index (χ3n) is 12.8. The van der Waals surface area contributed by atoms with Crippen LogP contribution in [-0.4, -0.2) is 0 Å². The van der Waals surface area contributed by atoms with Gasteiger partial charge in [0.05, 0.1) is 5.69 Å². The molecule has 1 aliphatic rings. The van der Waals surface area contributed by atoms with Crippen LogP contribution in [0.4, 0.5) is 17.1 Å². The van der Waals surface area contributed by atoms with Crippen molar-refractivity contribution in [2.45, 2.75) is 12.3 Å². The van der Waals surface area contributed by atoms with Gasteiger partial charge in [-0.3, -0.25) is 0 Å². The number of furan rings is 3. The first-order chi connectivity index (χ1) is 30.7. The van der Waals surface area contributed by atoms with Crippen molar-refractivity contribution in [1.29, 1.82) is 0 Å². The highest BCUT2D eigenvalue weighted by atomic mass is 16.3. The van der Waals surface area contributed by atoms with Gasteiger partial charge in [0.15, 0.2) is 0 Å². The van der Waals surface area contributed by atoms with E-state index in [0.717, 1.165) is 101 Å². The molecule has 1 atom stereocenters. The summed E-state index contributed by atoms with van der Waals surface area (Å²) in [5, 5.41) is 8.02. The number of fused-ring (bicyclic) bond motifs is 10. The number of benzene rings is 9. The van der Waals surface area contributed by atoms with Gasteiger partial charge in [0.2, 0.25) is 0 Å². The third-order valence-corrected chi connectivity index (χ3v) is 12.8. The van der Waals surface area contributed by atoms with Crippen LogP contribution in [0.25, 0.3) is 93.9 Å². The average molecular weight is 796 g/mol. The summed E-state index contributed by atoms with van der Waals surface area (Å²) >= 11 is 0. The molecule has 1 unspecified atom stereocenters. The highest BCUT2D eigenvalue weighted by Gasteiger charge is 2.26. The van der Waals surface area contributed by atoms with Crippen molar-refractivity contribution in [3.63, 3.8) is 0 Å². The van der Waals surface area contributed by atoms with Gasteiger partial charge in [-0.15, -0.1) is 0 Å². The largest absolute Gasteiger partial charge is 0.460 e. The Morgan fingerprint density at radius 3 is 1.82 bits per heavy atom. The number of para-hydroxylation sites is 3. The van der Waals surface area contributed by atoms with Crippen LogP contribution in [0.15, 0.2) is 213 Å².